The van der Waals surface area contributed by atoms with Gasteiger partial charge in [0.1, 0.15) is 42.3 Å². The van der Waals surface area contributed by atoms with Gasteiger partial charge < -0.3 is 10.8 Å². The first-order valence-electron chi connectivity index (χ1n) is 19.0. The molecule has 0 amide bonds. The molecule has 4 aromatic heterocycles. The van der Waals surface area contributed by atoms with Crippen molar-refractivity contribution in [1.82, 2.24) is 19.9 Å². The minimum Gasteiger partial charge on any atom is -0.396 e. The molecule has 0 saturated heterocycles. The van der Waals surface area contributed by atoms with Crippen LogP contribution in [0.4, 0.5) is 8.78 Å². The van der Waals surface area contributed by atoms with Gasteiger partial charge in [-0.2, -0.15) is 0 Å². The van der Waals surface area contributed by atoms with Crippen LogP contribution in [0.2, 0.25) is 0 Å². The standard InChI is InChI=1S/C46H37F2N5OS2/c47-34-23-27(11-13-31(34)41-50-37-15-17-39(52-43(37)55-41)45(19-20-45)29-7-3-1-4-8-29)24-36(49)33(26-54)28-12-14-32(35(48)25-28)42-51-38-16-18-40(53-44(38)56-42)46(21-22-46)30-9-5-2-6-10-30/h1-18,23,25,33,36,54H,19-22,24,26,49H2. The van der Waals surface area contributed by atoms with E-state index < -0.39 is 23.6 Å². The molecule has 2 fully saturated rings. The molecule has 10 heteroatoms. The lowest BCUT2D eigenvalue weighted by atomic mass is 9.88. The number of nitrogens with zero attached hydrogens (tertiary/aromatic N) is 4. The van der Waals surface area contributed by atoms with Crippen molar-refractivity contribution in [3.05, 3.63) is 167 Å². The van der Waals surface area contributed by atoms with Crippen molar-refractivity contribution in [1.29, 1.82) is 0 Å². The summed E-state index contributed by atoms with van der Waals surface area (Å²) in [7, 11) is 0. The molecule has 56 heavy (non-hydrogen) atoms. The van der Waals surface area contributed by atoms with E-state index in [-0.39, 0.29) is 23.9 Å². The molecule has 2 aliphatic rings. The number of nitrogens with two attached hydrogens (primary N) is 1. The van der Waals surface area contributed by atoms with Crippen LogP contribution in [0.3, 0.4) is 0 Å². The number of rotatable bonds is 11. The summed E-state index contributed by atoms with van der Waals surface area (Å²) >= 11 is 2.76. The molecular formula is C46H37F2N5OS2. The van der Waals surface area contributed by atoms with Crippen LogP contribution in [-0.2, 0) is 17.3 Å². The summed E-state index contributed by atoms with van der Waals surface area (Å²) in [6.07, 6.45) is 4.48. The van der Waals surface area contributed by atoms with Gasteiger partial charge in [-0.3, -0.25) is 0 Å². The molecule has 4 heterocycles. The van der Waals surface area contributed by atoms with Crippen LogP contribution in [0.25, 0.3) is 41.8 Å². The zero-order chi connectivity index (χ0) is 38.0. The molecule has 4 aromatic carbocycles. The molecular weight excluding hydrogens is 741 g/mol. The highest BCUT2D eigenvalue weighted by Gasteiger charge is 2.48. The van der Waals surface area contributed by atoms with Crippen molar-refractivity contribution in [2.75, 3.05) is 6.61 Å². The molecule has 0 spiro atoms. The SMILES string of the molecule is NC(Cc1ccc(-c2nc3ccc(C4(c5ccccc5)CC4)nc3s2)c(F)c1)C(CO)c1ccc(-c2nc3ccc(C4(c5ccccc5)CC4)nc3s2)c(F)c1. The second kappa shape index (κ2) is 13.7. The summed E-state index contributed by atoms with van der Waals surface area (Å²) in [5, 5.41) is 11.5. The lowest BCUT2D eigenvalue weighted by molar-refractivity contribution is 0.247. The summed E-state index contributed by atoms with van der Waals surface area (Å²) in [6.45, 7) is -0.288. The smallest absolute Gasteiger partial charge is 0.144 e. The van der Waals surface area contributed by atoms with Crippen LogP contribution in [0.1, 0.15) is 65.2 Å². The number of aromatic nitrogens is 4. The van der Waals surface area contributed by atoms with Crippen molar-refractivity contribution < 1.29 is 13.9 Å². The number of hydrogen-bond acceptors (Lipinski definition) is 8. The third kappa shape index (κ3) is 6.12. The van der Waals surface area contributed by atoms with Gasteiger partial charge in [-0.25, -0.2) is 28.7 Å². The van der Waals surface area contributed by atoms with E-state index in [4.69, 9.17) is 25.7 Å². The Kier molecular flexibility index (Phi) is 8.63. The molecule has 0 radical (unpaired) electrons. The monoisotopic (exact) mass is 777 g/mol. The number of fused-ring (bicyclic) bond motifs is 2. The van der Waals surface area contributed by atoms with Crippen LogP contribution < -0.4 is 5.73 Å². The molecule has 0 aliphatic heterocycles. The fourth-order valence-corrected chi connectivity index (χ4v) is 10.2. The topological polar surface area (TPSA) is 97.8 Å². The lowest BCUT2D eigenvalue weighted by Gasteiger charge is -2.23. The normalized spacial score (nSPS) is 16.6. The number of pyridine rings is 2. The van der Waals surface area contributed by atoms with Gasteiger partial charge in [-0.05, 0) is 103 Å². The molecule has 3 N–H and O–H groups in total. The predicted molar refractivity (Wildman–Crippen MR) is 220 cm³/mol. The Hall–Kier alpha value is -5.26. The summed E-state index contributed by atoms with van der Waals surface area (Å²) in [5.41, 5.74) is 14.6. The zero-order valence-corrected chi connectivity index (χ0v) is 32.0. The summed E-state index contributed by atoms with van der Waals surface area (Å²) in [6, 6.07) is 38.3. The second-order valence-electron chi connectivity index (χ2n) is 15.2. The van der Waals surface area contributed by atoms with Crippen molar-refractivity contribution in [2.24, 2.45) is 5.73 Å². The Bertz CT molecular complexity index is 2740. The first-order chi connectivity index (χ1) is 27.3. The van der Waals surface area contributed by atoms with E-state index in [1.54, 1.807) is 18.2 Å². The molecule has 0 bridgehead atoms. The number of aliphatic hydroxyl groups is 1. The molecule has 278 valence electrons. The Morgan fingerprint density at radius 3 is 1.57 bits per heavy atom. The highest BCUT2D eigenvalue weighted by atomic mass is 32.1. The van der Waals surface area contributed by atoms with Crippen molar-refractivity contribution in [3.63, 3.8) is 0 Å². The Morgan fingerprint density at radius 1 is 0.607 bits per heavy atom. The molecule has 10 rings (SSSR count). The molecule has 8 aromatic rings. The van der Waals surface area contributed by atoms with Crippen LogP contribution >= 0.6 is 22.7 Å². The van der Waals surface area contributed by atoms with Crippen LogP contribution in [-0.4, -0.2) is 37.7 Å². The fourth-order valence-electron chi connectivity index (χ4n) is 8.24. The van der Waals surface area contributed by atoms with E-state index >= 15 is 8.78 Å². The minimum atomic E-state index is -0.593. The average Bonchev–Trinajstić information content (AvgIpc) is 4.13. The Morgan fingerprint density at radius 2 is 1.11 bits per heavy atom. The first-order valence-corrected chi connectivity index (χ1v) is 20.6. The highest BCUT2D eigenvalue weighted by molar-refractivity contribution is 7.21. The first kappa shape index (κ1) is 35.2. The van der Waals surface area contributed by atoms with E-state index in [0.717, 1.165) is 57.8 Å². The van der Waals surface area contributed by atoms with E-state index in [2.05, 4.69) is 48.5 Å². The zero-order valence-electron chi connectivity index (χ0n) is 30.3. The van der Waals surface area contributed by atoms with Gasteiger partial charge in [-0.1, -0.05) is 95.5 Å². The van der Waals surface area contributed by atoms with Gasteiger partial charge in [-0.15, -0.1) is 0 Å². The third-order valence-electron chi connectivity index (χ3n) is 11.7. The van der Waals surface area contributed by atoms with Gasteiger partial charge in [0.05, 0.1) is 18.0 Å². The summed E-state index contributed by atoms with van der Waals surface area (Å²) in [4.78, 5) is 21.0. The Balaban J connectivity index is 0.848. The Labute approximate surface area is 330 Å². The maximum atomic E-state index is 15.8. The molecule has 2 unspecified atom stereocenters. The number of halogens is 2. The van der Waals surface area contributed by atoms with Gasteiger partial charge >= 0.3 is 0 Å². The largest absolute Gasteiger partial charge is 0.396 e. The number of benzene rings is 4. The third-order valence-corrected chi connectivity index (χ3v) is 13.7. The van der Waals surface area contributed by atoms with Crippen LogP contribution in [0.15, 0.2) is 121 Å². The van der Waals surface area contributed by atoms with Crippen LogP contribution in [0, 0.1) is 11.6 Å². The lowest BCUT2D eigenvalue weighted by Crippen LogP contribution is -2.33. The summed E-state index contributed by atoms with van der Waals surface area (Å²) in [5.74, 6) is -1.42. The minimum absolute atomic E-state index is 0.0625. The number of thiazole rings is 2. The van der Waals surface area contributed by atoms with E-state index in [1.165, 1.54) is 45.9 Å². The molecule has 2 atom stereocenters. The highest BCUT2D eigenvalue weighted by Crippen LogP contribution is 2.54. The quantitative estimate of drug-likeness (QED) is 0.136. The predicted octanol–water partition coefficient (Wildman–Crippen LogP) is 10.1. The summed E-state index contributed by atoms with van der Waals surface area (Å²) < 4.78 is 31.5. The van der Waals surface area contributed by atoms with Gasteiger partial charge in [0, 0.05) is 33.9 Å². The van der Waals surface area contributed by atoms with Gasteiger partial charge in [0.2, 0.25) is 0 Å². The van der Waals surface area contributed by atoms with E-state index in [9.17, 15) is 5.11 Å². The maximum absolute atomic E-state index is 15.8. The maximum Gasteiger partial charge on any atom is 0.144 e. The van der Waals surface area contributed by atoms with E-state index in [0.29, 0.717) is 32.3 Å². The second-order valence-corrected chi connectivity index (χ2v) is 17.1. The van der Waals surface area contributed by atoms with Crippen molar-refractivity contribution >= 4 is 43.4 Å². The van der Waals surface area contributed by atoms with Crippen molar-refractivity contribution in [3.8, 4) is 21.1 Å². The van der Waals surface area contributed by atoms with E-state index in [1.807, 2.05) is 42.5 Å². The molecule has 6 nitrogen and oxygen atoms in total. The number of aliphatic hydroxyl groups excluding tert-OH is 1. The average molecular weight is 778 g/mol. The van der Waals surface area contributed by atoms with Crippen molar-refractivity contribution in [2.45, 2.75) is 54.9 Å². The molecule has 2 saturated carbocycles. The van der Waals surface area contributed by atoms with Gasteiger partial charge in [0.15, 0.2) is 0 Å². The van der Waals surface area contributed by atoms with Crippen LogP contribution in [0.5, 0.6) is 0 Å². The van der Waals surface area contributed by atoms with Gasteiger partial charge in [0.25, 0.3) is 0 Å². The fraction of sp³-hybridized carbons (Fsp3) is 0.217. The number of hydrogen-bond donors (Lipinski definition) is 2. The molecule has 2 aliphatic carbocycles.